The number of hydrogen-bond donors (Lipinski definition) is 1. The zero-order valence-corrected chi connectivity index (χ0v) is 11.9. The van der Waals surface area contributed by atoms with Gasteiger partial charge in [-0.15, -0.1) is 0 Å². The van der Waals surface area contributed by atoms with Crippen molar-refractivity contribution in [2.45, 2.75) is 19.4 Å². The molecule has 18 heavy (non-hydrogen) atoms. The molecular formula is C12H21N3O2S. The molecule has 1 atom stereocenters. The predicted octanol–water partition coefficient (Wildman–Crippen LogP) is 0.972. The fraction of sp³-hybridized carbons (Fsp3) is 0.583. The Morgan fingerprint density at radius 2 is 2.11 bits per heavy atom. The Hall–Kier alpha value is -1.14. The topological polar surface area (TPSA) is 76.3 Å². The van der Waals surface area contributed by atoms with Gasteiger partial charge in [-0.2, -0.15) is 0 Å². The van der Waals surface area contributed by atoms with Crippen molar-refractivity contribution in [2.75, 3.05) is 30.5 Å². The van der Waals surface area contributed by atoms with Crippen molar-refractivity contribution in [3.63, 3.8) is 0 Å². The third-order valence-electron chi connectivity index (χ3n) is 2.83. The van der Waals surface area contributed by atoms with Gasteiger partial charge in [0.2, 0.25) is 0 Å². The van der Waals surface area contributed by atoms with E-state index in [1.54, 1.807) is 6.20 Å². The van der Waals surface area contributed by atoms with Crippen LogP contribution in [0.2, 0.25) is 0 Å². The Morgan fingerprint density at radius 3 is 2.56 bits per heavy atom. The van der Waals surface area contributed by atoms with Crippen LogP contribution in [0.5, 0.6) is 0 Å². The molecule has 0 radical (unpaired) electrons. The summed E-state index contributed by atoms with van der Waals surface area (Å²) in [4.78, 5) is 6.17. The molecule has 0 aliphatic heterocycles. The summed E-state index contributed by atoms with van der Waals surface area (Å²) in [5, 5.41) is 0. The SMILES string of the molecule is CC[C@@H](N)c1ccc(N(C)CCS(C)(=O)=O)cn1. The lowest BCUT2D eigenvalue weighted by Gasteiger charge is -2.19. The van der Waals surface area contributed by atoms with E-state index < -0.39 is 9.84 Å². The van der Waals surface area contributed by atoms with Gasteiger partial charge in [0.25, 0.3) is 0 Å². The lowest BCUT2D eigenvalue weighted by atomic mass is 10.1. The summed E-state index contributed by atoms with van der Waals surface area (Å²) in [5.41, 5.74) is 7.63. The molecule has 0 aliphatic rings. The normalized spacial score (nSPS) is 13.3. The van der Waals surface area contributed by atoms with Crippen LogP contribution in [-0.2, 0) is 9.84 Å². The van der Waals surface area contributed by atoms with Crippen molar-refractivity contribution in [3.05, 3.63) is 24.0 Å². The Bertz CT molecular complexity index is 471. The molecule has 0 aliphatic carbocycles. The summed E-state index contributed by atoms with van der Waals surface area (Å²) in [5.74, 6) is 0.139. The van der Waals surface area contributed by atoms with Crippen LogP contribution < -0.4 is 10.6 Å². The highest BCUT2D eigenvalue weighted by Gasteiger charge is 2.08. The Labute approximate surface area is 109 Å². The van der Waals surface area contributed by atoms with Crippen molar-refractivity contribution in [1.29, 1.82) is 0 Å². The van der Waals surface area contributed by atoms with Gasteiger partial charge in [0.05, 0.1) is 23.3 Å². The summed E-state index contributed by atoms with van der Waals surface area (Å²) in [6.07, 6.45) is 3.81. The van der Waals surface area contributed by atoms with Crippen molar-refractivity contribution in [2.24, 2.45) is 5.73 Å². The van der Waals surface area contributed by atoms with Crippen LogP contribution in [0.1, 0.15) is 25.1 Å². The average Bonchev–Trinajstić information content (AvgIpc) is 2.34. The van der Waals surface area contributed by atoms with Gasteiger partial charge in [-0.3, -0.25) is 4.98 Å². The molecule has 1 aromatic heterocycles. The number of pyridine rings is 1. The number of nitrogens with zero attached hydrogens (tertiary/aromatic N) is 2. The lowest BCUT2D eigenvalue weighted by Crippen LogP contribution is -2.25. The molecule has 0 bridgehead atoms. The zero-order chi connectivity index (χ0) is 13.8. The van der Waals surface area contributed by atoms with Crippen LogP contribution in [0.15, 0.2) is 18.3 Å². The average molecular weight is 271 g/mol. The minimum Gasteiger partial charge on any atom is -0.372 e. The van der Waals surface area contributed by atoms with E-state index in [4.69, 9.17) is 5.73 Å². The fourth-order valence-electron chi connectivity index (χ4n) is 1.48. The van der Waals surface area contributed by atoms with E-state index in [0.717, 1.165) is 17.8 Å². The van der Waals surface area contributed by atoms with Gasteiger partial charge in [-0.1, -0.05) is 6.92 Å². The molecule has 1 heterocycles. The van der Waals surface area contributed by atoms with E-state index in [0.29, 0.717) is 6.54 Å². The van der Waals surface area contributed by atoms with Gasteiger partial charge >= 0.3 is 0 Å². The minimum absolute atomic E-state index is 0.0413. The molecule has 1 aromatic rings. The number of sulfone groups is 1. The van der Waals surface area contributed by atoms with E-state index in [9.17, 15) is 8.42 Å². The number of rotatable bonds is 6. The summed E-state index contributed by atoms with van der Waals surface area (Å²) in [6.45, 7) is 2.47. The van der Waals surface area contributed by atoms with E-state index in [1.807, 2.05) is 31.0 Å². The molecule has 2 N–H and O–H groups in total. The molecule has 1 rings (SSSR count). The quantitative estimate of drug-likeness (QED) is 0.834. The second-order valence-corrected chi connectivity index (χ2v) is 6.77. The maximum absolute atomic E-state index is 11.1. The summed E-state index contributed by atoms with van der Waals surface area (Å²) in [6, 6.07) is 3.76. The molecule has 6 heteroatoms. The third kappa shape index (κ3) is 4.62. The highest BCUT2D eigenvalue weighted by molar-refractivity contribution is 7.90. The second-order valence-electron chi connectivity index (χ2n) is 4.51. The van der Waals surface area contributed by atoms with E-state index in [-0.39, 0.29) is 11.8 Å². The number of hydrogen-bond acceptors (Lipinski definition) is 5. The smallest absolute Gasteiger partial charge is 0.149 e. The van der Waals surface area contributed by atoms with Crippen LogP contribution >= 0.6 is 0 Å². The lowest BCUT2D eigenvalue weighted by molar-refractivity contribution is 0.601. The molecule has 0 unspecified atom stereocenters. The number of anilines is 1. The van der Waals surface area contributed by atoms with Gasteiger partial charge in [-0.25, -0.2) is 8.42 Å². The first-order chi connectivity index (χ1) is 8.33. The van der Waals surface area contributed by atoms with Gasteiger partial charge < -0.3 is 10.6 Å². The van der Waals surface area contributed by atoms with Crippen molar-refractivity contribution in [1.82, 2.24) is 4.98 Å². The molecule has 5 nitrogen and oxygen atoms in total. The van der Waals surface area contributed by atoms with Gasteiger partial charge in [0, 0.05) is 25.9 Å². The number of aromatic nitrogens is 1. The molecule has 0 saturated carbocycles. The maximum atomic E-state index is 11.1. The molecule has 0 fully saturated rings. The van der Waals surface area contributed by atoms with Crippen LogP contribution in [0.25, 0.3) is 0 Å². The molecule has 0 spiro atoms. The fourth-order valence-corrected chi connectivity index (χ4v) is 2.09. The van der Waals surface area contributed by atoms with Crippen molar-refractivity contribution >= 4 is 15.5 Å². The van der Waals surface area contributed by atoms with Gasteiger partial charge in [0.1, 0.15) is 9.84 Å². The summed E-state index contributed by atoms with van der Waals surface area (Å²) >= 11 is 0. The van der Waals surface area contributed by atoms with Crippen LogP contribution in [0.3, 0.4) is 0 Å². The Balaban J connectivity index is 2.67. The Kier molecular flexibility index (Phi) is 5.10. The van der Waals surface area contributed by atoms with E-state index >= 15 is 0 Å². The molecule has 0 aromatic carbocycles. The second kappa shape index (κ2) is 6.15. The van der Waals surface area contributed by atoms with Gasteiger partial charge in [0.15, 0.2) is 0 Å². The highest BCUT2D eigenvalue weighted by atomic mass is 32.2. The standard InChI is InChI=1S/C12H21N3O2S/c1-4-11(13)12-6-5-10(9-14-12)15(2)7-8-18(3,16)17/h5-6,9,11H,4,7-8,13H2,1-3H3/t11-/m1/s1. The van der Waals surface area contributed by atoms with Gasteiger partial charge in [-0.05, 0) is 18.6 Å². The first-order valence-corrected chi connectivity index (χ1v) is 8.00. The van der Waals surface area contributed by atoms with Crippen LogP contribution in [0, 0.1) is 0 Å². The zero-order valence-electron chi connectivity index (χ0n) is 11.1. The highest BCUT2D eigenvalue weighted by Crippen LogP contribution is 2.15. The predicted molar refractivity (Wildman–Crippen MR) is 74.4 cm³/mol. The molecule has 0 saturated heterocycles. The van der Waals surface area contributed by atoms with Crippen molar-refractivity contribution < 1.29 is 8.42 Å². The van der Waals surface area contributed by atoms with Crippen molar-refractivity contribution in [3.8, 4) is 0 Å². The first-order valence-electron chi connectivity index (χ1n) is 5.94. The summed E-state index contributed by atoms with van der Waals surface area (Å²) in [7, 11) is -1.09. The first kappa shape index (κ1) is 14.9. The maximum Gasteiger partial charge on any atom is 0.149 e. The molecule has 0 amide bonds. The van der Waals surface area contributed by atoms with Crippen LogP contribution in [0.4, 0.5) is 5.69 Å². The monoisotopic (exact) mass is 271 g/mol. The van der Waals surface area contributed by atoms with E-state index in [2.05, 4.69) is 4.98 Å². The minimum atomic E-state index is -2.93. The van der Waals surface area contributed by atoms with E-state index in [1.165, 1.54) is 6.26 Å². The summed E-state index contributed by atoms with van der Waals surface area (Å²) < 4.78 is 22.2. The Morgan fingerprint density at radius 1 is 1.44 bits per heavy atom. The van der Waals surface area contributed by atoms with Crippen LogP contribution in [-0.4, -0.2) is 39.0 Å². The molecular weight excluding hydrogens is 250 g/mol. The molecule has 102 valence electrons. The third-order valence-corrected chi connectivity index (χ3v) is 3.75. The largest absolute Gasteiger partial charge is 0.372 e. The number of nitrogens with two attached hydrogens (primary N) is 1.